The van der Waals surface area contributed by atoms with Crippen LogP contribution in [0.1, 0.15) is 31.0 Å². The van der Waals surface area contributed by atoms with Gasteiger partial charge in [-0.3, -0.25) is 0 Å². The number of nitrogens with zero attached hydrogens (tertiary/aromatic N) is 2. The second-order valence-electron chi connectivity index (χ2n) is 4.65. The normalized spacial score (nSPS) is 36.6. The summed E-state index contributed by atoms with van der Waals surface area (Å²) < 4.78 is 5.38. The van der Waals surface area contributed by atoms with Crippen LogP contribution in [0.2, 0.25) is 0 Å². The first-order valence-electron chi connectivity index (χ1n) is 4.85. The van der Waals surface area contributed by atoms with Gasteiger partial charge in [-0.05, 0) is 19.3 Å². The van der Waals surface area contributed by atoms with Crippen LogP contribution in [0.4, 0.5) is 4.79 Å². The summed E-state index contributed by atoms with van der Waals surface area (Å²) >= 11 is 0. The zero-order chi connectivity index (χ0) is 10.7. The van der Waals surface area contributed by atoms with E-state index in [1.165, 1.54) is 0 Å². The number of hydrogen-bond donors (Lipinski definition) is 2. The molecule has 15 heavy (non-hydrogen) atoms. The fraction of sp³-hybridized carbons (Fsp3) is 0.667. The Morgan fingerprint density at radius 3 is 2.60 bits per heavy atom. The highest BCUT2D eigenvalue weighted by Crippen LogP contribution is 2.67. The first kappa shape index (κ1) is 8.70. The SMILES string of the molecule is Cc1nnc(C23CC(NC(=O)O)(C2)C3)o1. The minimum absolute atomic E-state index is 0.0380. The molecule has 2 bridgehead atoms. The van der Waals surface area contributed by atoms with Crippen molar-refractivity contribution in [3.8, 4) is 0 Å². The van der Waals surface area contributed by atoms with E-state index in [1.807, 2.05) is 0 Å². The number of aromatic nitrogens is 2. The van der Waals surface area contributed by atoms with Crippen LogP contribution in [-0.4, -0.2) is 26.9 Å². The van der Waals surface area contributed by atoms with Crippen LogP contribution < -0.4 is 5.32 Å². The molecule has 1 amide bonds. The van der Waals surface area contributed by atoms with Gasteiger partial charge < -0.3 is 14.8 Å². The van der Waals surface area contributed by atoms with Crippen molar-refractivity contribution in [3.63, 3.8) is 0 Å². The molecule has 1 aromatic heterocycles. The molecule has 1 aromatic rings. The van der Waals surface area contributed by atoms with Crippen molar-refractivity contribution < 1.29 is 14.3 Å². The summed E-state index contributed by atoms with van der Waals surface area (Å²) in [6, 6.07) is 0. The lowest BCUT2D eigenvalue weighted by atomic mass is 9.39. The molecular formula is C9H11N3O3. The van der Waals surface area contributed by atoms with Gasteiger partial charge in [0, 0.05) is 12.5 Å². The van der Waals surface area contributed by atoms with Crippen LogP contribution in [0.3, 0.4) is 0 Å². The molecule has 3 aliphatic carbocycles. The number of rotatable bonds is 2. The van der Waals surface area contributed by atoms with Crippen molar-refractivity contribution in [1.82, 2.24) is 15.5 Å². The lowest BCUT2D eigenvalue weighted by Crippen LogP contribution is -2.76. The van der Waals surface area contributed by atoms with Gasteiger partial charge in [-0.25, -0.2) is 4.79 Å². The molecule has 3 fully saturated rings. The highest BCUT2D eigenvalue weighted by Gasteiger charge is 2.72. The summed E-state index contributed by atoms with van der Waals surface area (Å²) in [5.41, 5.74) is -0.252. The second-order valence-corrected chi connectivity index (χ2v) is 4.65. The van der Waals surface area contributed by atoms with Crippen LogP contribution >= 0.6 is 0 Å². The van der Waals surface area contributed by atoms with Crippen LogP contribution in [0.5, 0.6) is 0 Å². The Balaban J connectivity index is 1.73. The van der Waals surface area contributed by atoms with Crippen molar-refractivity contribution in [1.29, 1.82) is 0 Å². The molecule has 0 unspecified atom stereocenters. The number of nitrogens with one attached hydrogen (secondary N) is 1. The number of aryl methyl sites for hydroxylation is 1. The van der Waals surface area contributed by atoms with E-state index in [1.54, 1.807) is 6.92 Å². The minimum Gasteiger partial charge on any atom is -0.465 e. The third-order valence-electron chi connectivity index (χ3n) is 3.38. The Morgan fingerprint density at radius 1 is 1.47 bits per heavy atom. The molecule has 0 aliphatic heterocycles. The lowest BCUT2D eigenvalue weighted by Gasteiger charge is -2.68. The van der Waals surface area contributed by atoms with Gasteiger partial charge in [0.2, 0.25) is 11.8 Å². The standard InChI is InChI=1S/C9H11N3O3/c1-5-11-12-6(15-5)8-2-9(3-8,4-8)10-7(13)14/h10H,2-4H2,1H3,(H,13,14). The minimum atomic E-state index is -0.954. The van der Waals surface area contributed by atoms with Crippen molar-refractivity contribution in [2.45, 2.75) is 37.1 Å². The smallest absolute Gasteiger partial charge is 0.405 e. The van der Waals surface area contributed by atoms with Crippen LogP contribution in [-0.2, 0) is 5.41 Å². The highest BCUT2D eigenvalue weighted by atomic mass is 16.4. The Labute approximate surface area is 85.7 Å². The predicted octanol–water partition coefficient (Wildman–Crippen LogP) is 0.820. The summed E-state index contributed by atoms with van der Waals surface area (Å²) in [4.78, 5) is 10.5. The van der Waals surface area contributed by atoms with E-state index in [0.717, 1.165) is 19.3 Å². The fourth-order valence-electron chi connectivity index (χ4n) is 2.89. The third kappa shape index (κ3) is 1.01. The Kier molecular flexibility index (Phi) is 1.34. The molecule has 6 nitrogen and oxygen atoms in total. The molecule has 0 aromatic carbocycles. The first-order chi connectivity index (χ1) is 7.04. The molecule has 3 aliphatic rings. The quantitative estimate of drug-likeness (QED) is 0.752. The van der Waals surface area contributed by atoms with E-state index < -0.39 is 6.09 Å². The average Bonchev–Trinajstić information content (AvgIpc) is 2.40. The van der Waals surface area contributed by atoms with Crippen molar-refractivity contribution in [2.24, 2.45) is 0 Å². The fourth-order valence-corrected chi connectivity index (χ4v) is 2.89. The number of carboxylic acid groups (broad SMARTS) is 1. The Morgan fingerprint density at radius 2 is 2.13 bits per heavy atom. The summed E-state index contributed by atoms with van der Waals surface area (Å²) in [6.07, 6.45) is 1.40. The van der Waals surface area contributed by atoms with Gasteiger partial charge in [0.05, 0.1) is 5.41 Å². The van der Waals surface area contributed by atoms with Gasteiger partial charge in [0.1, 0.15) is 0 Å². The van der Waals surface area contributed by atoms with Crippen LogP contribution in [0.25, 0.3) is 0 Å². The Hall–Kier alpha value is -1.59. The van der Waals surface area contributed by atoms with E-state index in [2.05, 4.69) is 15.5 Å². The lowest BCUT2D eigenvalue weighted by molar-refractivity contribution is -0.0980. The number of hydrogen-bond acceptors (Lipinski definition) is 4. The topological polar surface area (TPSA) is 88.2 Å². The van der Waals surface area contributed by atoms with Crippen molar-refractivity contribution >= 4 is 6.09 Å². The van der Waals surface area contributed by atoms with Crippen molar-refractivity contribution in [3.05, 3.63) is 11.8 Å². The maximum Gasteiger partial charge on any atom is 0.405 e. The largest absolute Gasteiger partial charge is 0.465 e. The van der Waals surface area contributed by atoms with Crippen LogP contribution in [0.15, 0.2) is 4.42 Å². The molecule has 0 saturated heterocycles. The molecule has 0 atom stereocenters. The molecular weight excluding hydrogens is 198 g/mol. The first-order valence-corrected chi connectivity index (χ1v) is 4.85. The maximum atomic E-state index is 10.5. The second kappa shape index (κ2) is 2.32. The molecule has 6 heteroatoms. The van der Waals surface area contributed by atoms with Gasteiger partial charge in [-0.1, -0.05) is 0 Å². The van der Waals surface area contributed by atoms with Gasteiger partial charge in [-0.2, -0.15) is 0 Å². The summed E-state index contributed by atoms with van der Waals surface area (Å²) in [7, 11) is 0. The molecule has 80 valence electrons. The average molecular weight is 209 g/mol. The number of carbonyl (C=O) groups is 1. The molecule has 1 heterocycles. The molecule has 4 rings (SSSR count). The van der Waals surface area contributed by atoms with E-state index in [4.69, 9.17) is 9.52 Å². The summed E-state index contributed by atoms with van der Waals surface area (Å²) in [5.74, 6) is 1.23. The summed E-state index contributed by atoms with van der Waals surface area (Å²) in [6.45, 7) is 1.76. The van der Waals surface area contributed by atoms with Gasteiger partial charge in [-0.15, -0.1) is 10.2 Å². The number of amides is 1. The monoisotopic (exact) mass is 209 g/mol. The zero-order valence-electron chi connectivity index (χ0n) is 8.28. The molecule has 0 spiro atoms. The maximum absolute atomic E-state index is 10.5. The van der Waals surface area contributed by atoms with Crippen LogP contribution in [0, 0.1) is 6.92 Å². The molecule has 0 radical (unpaired) electrons. The third-order valence-corrected chi connectivity index (χ3v) is 3.38. The van der Waals surface area contributed by atoms with Crippen molar-refractivity contribution in [2.75, 3.05) is 0 Å². The molecule has 3 saturated carbocycles. The Bertz CT molecular complexity index is 420. The van der Waals surface area contributed by atoms with E-state index >= 15 is 0 Å². The summed E-state index contributed by atoms with van der Waals surface area (Å²) in [5, 5.41) is 19.0. The van der Waals surface area contributed by atoms with E-state index in [9.17, 15) is 4.79 Å². The van der Waals surface area contributed by atoms with Gasteiger partial charge in [0.25, 0.3) is 0 Å². The van der Waals surface area contributed by atoms with Gasteiger partial charge in [0.15, 0.2) is 0 Å². The van der Waals surface area contributed by atoms with E-state index in [0.29, 0.717) is 11.8 Å². The predicted molar refractivity (Wildman–Crippen MR) is 48.5 cm³/mol. The molecule has 2 N–H and O–H groups in total. The zero-order valence-corrected chi connectivity index (χ0v) is 8.28. The highest BCUT2D eigenvalue weighted by molar-refractivity contribution is 5.67. The van der Waals surface area contributed by atoms with Gasteiger partial charge >= 0.3 is 6.09 Å². The van der Waals surface area contributed by atoms with E-state index in [-0.39, 0.29) is 11.0 Å².